The lowest BCUT2D eigenvalue weighted by Gasteiger charge is -2.42. The van der Waals surface area contributed by atoms with Gasteiger partial charge in [-0.25, -0.2) is 4.39 Å². The van der Waals surface area contributed by atoms with E-state index >= 15 is 0 Å². The number of carbonyl (C=O) groups excluding carboxylic acids is 3. The Labute approximate surface area is 202 Å². The summed E-state index contributed by atoms with van der Waals surface area (Å²) in [6.45, 7) is 4.97. The van der Waals surface area contributed by atoms with Gasteiger partial charge in [0.1, 0.15) is 5.82 Å². The molecule has 0 atom stereocenters. The van der Waals surface area contributed by atoms with Crippen LogP contribution in [0.2, 0.25) is 0 Å². The number of nitrogens with one attached hydrogen (secondary N) is 2. The van der Waals surface area contributed by atoms with Gasteiger partial charge in [0.15, 0.2) is 0 Å². The van der Waals surface area contributed by atoms with Gasteiger partial charge in [-0.2, -0.15) is 0 Å². The number of pyridine rings is 1. The zero-order valence-corrected chi connectivity index (χ0v) is 20.0. The molecule has 1 aromatic carbocycles. The van der Waals surface area contributed by atoms with Gasteiger partial charge in [-0.05, 0) is 75.1 Å². The molecule has 1 aliphatic carbocycles. The van der Waals surface area contributed by atoms with Crippen molar-refractivity contribution < 1.29 is 23.9 Å². The van der Waals surface area contributed by atoms with E-state index in [-0.39, 0.29) is 17.1 Å². The monoisotopic (exact) mass is 478 g/mol. The Morgan fingerprint density at radius 2 is 1.89 bits per heavy atom. The number of halogens is 1. The maximum atomic E-state index is 13.7. The Hall–Kier alpha value is -3.85. The number of anilines is 1. The van der Waals surface area contributed by atoms with Crippen molar-refractivity contribution in [3.8, 4) is 11.4 Å². The molecule has 2 amide bonds. The van der Waals surface area contributed by atoms with E-state index in [0.29, 0.717) is 41.0 Å². The Bertz CT molecular complexity index is 1330. The second kappa shape index (κ2) is 9.07. The highest BCUT2D eigenvalue weighted by molar-refractivity contribution is 6.43. The van der Waals surface area contributed by atoms with Crippen LogP contribution in [0.3, 0.4) is 0 Å². The maximum Gasteiger partial charge on any atom is 0.294 e. The number of carbonyl (C=O) groups is 3. The predicted molar refractivity (Wildman–Crippen MR) is 129 cm³/mol. The third-order valence-corrected chi connectivity index (χ3v) is 6.40. The van der Waals surface area contributed by atoms with Crippen LogP contribution in [-0.2, 0) is 11.8 Å². The van der Waals surface area contributed by atoms with E-state index in [2.05, 4.69) is 15.6 Å². The van der Waals surface area contributed by atoms with Gasteiger partial charge in [-0.1, -0.05) is 6.07 Å². The van der Waals surface area contributed by atoms with E-state index < -0.39 is 29.2 Å². The molecule has 182 valence electrons. The maximum absolute atomic E-state index is 13.7. The molecule has 3 aromatic rings. The van der Waals surface area contributed by atoms with Gasteiger partial charge >= 0.3 is 0 Å². The number of benzene rings is 1. The second-order valence-electron chi connectivity index (χ2n) is 9.30. The van der Waals surface area contributed by atoms with Gasteiger partial charge in [0.25, 0.3) is 17.6 Å². The van der Waals surface area contributed by atoms with E-state index in [1.807, 2.05) is 0 Å². The molecule has 0 unspecified atom stereocenters. The fourth-order valence-corrected chi connectivity index (χ4v) is 4.67. The number of amides is 2. The summed E-state index contributed by atoms with van der Waals surface area (Å²) in [5.41, 5.74) is 1.51. The van der Waals surface area contributed by atoms with Crippen molar-refractivity contribution in [3.05, 3.63) is 70.8 Å². The van der Waals surface area contributed by atoms with Crippen molar-refractivity contribution in [1.29, 1.82) is 0 Å². The molecular weight excluding hydrogens is 451 g/mol. The molecule has 2 aromatic heterocycles. The van der Waals surface area contributed by atoms with Gasteiger partial charge in [0.2, 0.25) is 0 Å². The lowest BCUT2D eigenvalue weighted by atomic mass is 9.76. The number of ketones is 1. The van der Waals surface area contributed by atoms with E-state index in [1.165, 1.54) is 22.8 Å². The van der Waals surface area contributed by atoms with Crippen LogP contribution in [0.4, 0.5) is 10.1 Å². The largest absolute Gasteiger partial charge is 0.393 e. The first kappa shape index (κ1) is 24.3. The minimum Gasteiger partial charge on any atom is -0.393 e. The van der Waals surface area contributed by atoms with Crippen LogP contribution in [-0.4, -0.2) is 43.9 Å². The number of hydrogen-bond acceptors (Lipinski definition) is 5. The average molecular weight is 479 g/mol. The van der Waals surface area contributed by atoms with Gasteiger partial charge in [-0.3, -0.25) is 19.4 Å². The molecule has 8 nitrogen and oxygen atoms in total. The first-order valence-corrected chi connectivity index (χ1v) is 11.2. The highest BCUT2D eigenvalue weighted by Crippen LogP contribution is 2.33. The molecule has 4 rings (SSSR count). The first-order chi connectivity index (χ1) is 16.5. The summed E-state index contributed by atoms with van der Waals surface area (Å²) in [7, 11) is 1.60. The molecule has 0 spiro atoms. The van der Waals surface area contributed by atoms with E-state index in [1.54, 1.807) is 52.2 Å². The van der Waals surface area contributed by atoms with Crippen LogP contribution in [0.1, 0.15) is 51.7 Å². The quantitative estimate of drug-likeness (QED) is 0.372. The Morgan fingerprint density at radius 3 is 2.49 bits per heavy atom. The molecule has 2 heterocycles. The number of aliphatic hydroxyl groups is 1. The van der Waals surface area contributed by atoms with Gasteiger partial charge in [0, 0.05) is 24.5 Å². The van der Waals surface area contributed by atoms with E-state index in [4.69, 9.17) is 0 Å². The number of rotatable bonds is 6. The summed E-state index contributed by atoms with van der Waals surface area (Å²) in [5, 5.41) is 15.1. The van der Waals surface area contributed by atoms with Crippen molar-refractivity contribution in [2.75, 3.05) is 5.32 Å². The lowest BCUT2D eigenvalue weighted by molar-refractivity contribution is -0.121. The SMILES string of the molecule is Cc1cc(NC(=O)c2c(C)c(C(=O)C(=O)N[C@]3(C)C[C@H](O)C3)n(C)c2-c2ccccn2)ccc1F. The summed E-state index contributed by atoms with van der Waals surface area (Å²) in [6, 6.07) is 9.42. The molecule has 1 fully saturated rings. The smallest absolute Gasteiger partial charge is 0.294 e. The van der Waals surface area contributed by atoms with Crippen molar-refractivity contribution in [2.24, 2.45) is 7.05 Å². The molecule has 9 heteroatoms. The number of Topliss-reactive ketones (excluding diaryl/α,β-unsaturated/α-hetero) is 1. The molecular formula is C26H27FN4O4. The number of aliphatic hydroxyl groups excluding tert-OH is 1. The van der Waals surface area contributed by atoms with Crippen LogP contribution < -0.4 is 10.6 Å². The topological polar surface area (TPSA) is 113 Å². The van der Waals surface area contributed by atoms with Crippen LogP contribution in [0.5, 0.6) is 0 Å². The van der Waals surface area contributed by atoms with Crippen LogP contribution in [0.25, 0.3) is 11.4 Å². The Kier molecular flexibility index (Phi) is 6.29. The second-order valence-corrected chi connectivity index (χ2v) is 9.30. The minimum absolute atomic E-state index is 0.0621. The molecule has 0 aliphatic heterocycles. The number of aromatic nitrogens is 2. The van der Waals surface area contributed by atoms with Crippen LogP contribution in [0, 0.1) is 19.7 Å². The minimum atomic E-state index is -0.809. The van der Waals surface area contributed by atoms with E-state index in [0.717, 1.165) is 0 Å². The average Bonchev–Trinajstić information content (AvgIpc) is 3.05. The fraction of sp³-hybridized carbons (Fsp3) is 0.308. The normalized spacial score (nSPS) is 19.1. The summed E-state index contributed by atoms with van der Waals surface area (Å²) in [5.74, 6) is -2.50. The summed E-state index contributed by atoms with van der Waals surface area (Å²) in [4.78, 5) is 43.9. The van der Waals surface area contributed by atoms with Crippen LogP contribution in [0.15, 0.2) is 42.6 Å². The number of aryl methyl sites for hydroxylation is 1. The van der Waals surface area contributed by atoms with Gasteiger partial charge in [0.05, 0.1) is 28.7 Å². The van der Waals surface area contributed by atoms with Gasteiger partial charge < -0.3 is 20.3 Å². The molecule has 1 aliphatic rings. The number of hydrogen-bond donors (Lipinski definition) is 3. The fourth-order valence-electron chi connectivity index (χ4n) is 4.67. The highest BCUT2D eigenvalue weighted by Gasteiger charge is 2.42. The molecule has 0 bridgehead atoms. The predicted octanol–water partition coefficient (Wildman–Crippen LogP) is 3.31. The summed E-state index contributed by atoms with van der Waals surface area (Å²) >= 11 is 0. The molecule has 1 saturated carbocycles. The standard InChI is InChI=1S/C26H27FN4O4/c1-14-11-16(8-9-18(14)27)29-24(34)20-15(2)21(31(4)22(20)19-7-5-6-10-28-19)23(33)25(35)30-26(3)12-17(32)13-26/h5-11,17,32H,12-13H2,1-4H3,(H,29,34)(H,30,35)/t17-,26+. The van der Waals surface area contributed by atoms with Gasteiger partial charge in [-0.15, -0.1) is 0 Å². The zero-order valence-electron chi connectivity index (χ0n) is 20.0. The zero-order chi connectivity index (χ0) is 25.5. The molecule has 0 saturated heterocycles. The summed E-state index contributed by atoms with van der Waals surface area (Å²) < 4.78 is 15.2. The molecule has 0 radical (unpaired) electrons. The number of nitrogens with zero attached hydrogens (tertiary/aromatic N) is 2. The summed E-state index contributed by atoms with van der Waals surface area (Å²) in [6.07, 6.45) is 1.79. The Morgan fingerprint density at radius 1 is 1.17 bits per heavy atom. The van der Waals surface area contributed by atoms with Crippen molar-refractivity contribution >= 4 is 23.3 Å². The van der Waals surface area contributed by atoms with E-state index in [9.17, 15) is 23.9 Å². The lowest BCUT2D eigenvalue weighted by Crippen LogP contribution is -2.58. The van der Waals surface area contributed by atoms with Crippen molar-refractivity contribution in [2.45, 2.75) is 45.3 Å². The molecule has 3 N–H and O–H groups in total. The third kappa shape index (κ3) is 4.59. The molecule has 35 heavy (non-hydrogen) atoms. The van der Waals surface area contributed by atoms with Crippen LogP contribution >= 0.6 is 0 Å². The third-order valence-electron chi connectivity index (χ3n) is 6.40. The van der Waals surface area contributed by atoms with Crippen molar-refractivity contribution in [3.63, 3.8) is 0 Å². The van der Waals surface area contributed by atoms with Crippen molar-refractivity contribution in [1.82, 2.24) is 14.9 Å². The first-order valence-electron chi connectivity index (χ1n) is 11.2. The Balaban J connectivity index is 1.75. The highest BCUT2D eigenvalue weighted by atomic mass is 19.1.